The number of hydrogen-bond acceptors (Lipinski definition) is 5. The highest BCUT2D eigenvalue weighted by molar-refractivity contribution is 7.89. The molecule has 8 nitrogen and oxygen atoms in total. The first kappa shape index (κ1) is 27.3. The van der Waals surface area contributed by atoms with Crippen molar-refractivity contribution in [2.75, 3.05) is 34.7 Å². The van der Waals surface area contributed by atoms with Crippen LogP contribution < -0.4 is 4.84 Å². The average molecular weight is 543 g/mol. The number of sulfonamides is 2. The van der Waals surface area contributed by atoms with E-state index in [0.29, 0.717) is 27.7 Å². The second-order valence-electron chi connectivity index (χ2n) is 8.32. The Balaban J connectivity index is 2.34. The van der Waals surface area contributed by atoms with Crippen molar-refractivity contribution in [1.82, 2.24) is 18.0 Å². The molecule has 0 aliphatic heterocycles. The monoisotopic (exact) mass is 542 g/mol. The van der Waals surface area contributed by atoms with Crippen LogP contribution in [0.4, 0.5) is 4.39 Å². The van der Waals surface area contributed by atoms with Crippen molar-refractivity contribution >= 4 is 42.7 Å². The first-order valence-corrected chi connectivity index (χ1v) is 13.8. The summed E-state index contributed by atoms with van der Waals surface area (Å²) in [6.45, 7) is 1.82. The number of benzene rings is 2. The summed E-state index contributed by atoms with van der Waals surface area (Å²) in [4.78, 5) is 2.52. The molecule has 1 N–H and O–H groups in total. The van der Waals surface area contributed by atoms with Crippen molar-refractivity contribution in [2.24, 2.45) is 0 Å². The second kappa shape index (κ2) is 10.4. The molecule has 0 spiro atoms. The topological polar surface area (TPSA) is 91.7 Å². The van der Waals surface area contributed by atoms with E-state index in [2.05, 4.69) is 4.84 Å². The van der Waals surface area contributed by atoms with Gasteiger partial charge in [-0.3, -0.25) is 0 Å². The molecule has 0 fully saturated rings. The summed E-state index contributed by atoms with van der Waals surface area (Å²) in [7, 11) is -1.66. The molecule has 3 aromatic rings. The molecule has 0 unspecified atom stereocenters. The van der Waals surface area contributed by atoms with Gasteiger partial charge in [-0.2, -0.15) is 0 Å². The van der Waals surface area contributed by atoms with Crippen LogP contribution in [0.15, 0.2) is 64.2 Å². The summed E-state index contributed by atoms with van der Waals surface area (Å²) in [6, 6.07) is 11.1. The highest BCUT2D eigenvalue weighted by atomic mass is 35.5. The first-order chi connectivity index (χ1) is 16.3. The van der Waals surface area contributed by atoms with Crippen LogP contribution in [0.2, 0.25) is 0 Å². The maximum Gasteiger partial charge on any atom is 0.242 e. The largest absolute Gasteiger partial charge is 0.337 e. The molecule has 0 bridgehead atoms. The van der Waals surface area contributed by atoms with Gasteiger partial charge in [-0.15, -0.1) is 0 Å². The molecule has 0 saturated heterocycles. The van der Waals surface area contributed by atoms with E-state index in [9.17, 15) is 21.2 Å². The maximum absolute atomic E-state index is 14.6. The van der Waals surface area contributed by atoms with Crippen molar-refractivity contribution < 1.29 is 21.2 Å². The van der Waals surface area contributed by atoms with E-state index < -0.39 is 25.9 Å². The Bertz CT molecular complexity index is 1500. The third kappa shape index (κ3) is 5.30. The van der Waals surface area contributed by atoms with Crippen LogP contribution >= 0.6 is 11.8 Å². The van der Waals surface area contributed by atoms with Crippen LogP contribution in [0.3, 0.4) is 0 Å². The molecule has 1 aromatic heterocycles. The molecule has 1 heterocycles. The average Bonchev–Trinajstić information content (AvgIpc) is 3.08. The normalized spacial score (nSPS) is 13.3. The lowest BCUT2D eigenvalue weighted by atomic mass is 10.0. The van der Waals surface area contributed by atoms with Crippen molar-refractivity contribution in [1.29, 1.82) is 0 Å². The molecule has 0 atom stereocenters. The minimum absolute atomic E-state index is 0.0767. The highest BCUT2D eigenvalue weighted by Crippen LogP contribution is 2.37. The zero-order valence-electron chi connectivity index (χ0n) is 20.1. The van der Waals surface area contributed by atoms with E-state index in [1.165, 1.54) is 52.5 Å². The quantitative estimate of drug-likeness (QED) is 0.416. The minimum atomic E-state index is -3.74. The molecule has 12 heteroatoms. The summed E-state index contributed by atoms with van der Waals surface area (Å²) in [5.41, 5.74) is 2.45. The fraction of sp³-hybridized carbons (Fsp3) is 0.304. The molecule has 0 saturated carbocycles. The van der Waals surface area contributed by atoms with Crippen LogP contribution in [0, 0.1) is 6.92 Å². The Morgan fingerprint density at radius 2 is 1.60 bits per heavy atom. The summed E-state index contributed by atoms with van der Waals surface area (Å²) in [6.07, 6.45) is 1.31. The number of rotatable bonds is 9. The van der Waals surface area contributed by atoms with Crippen LogP contribution in [-0.2, 0) is 26.6 Å². The van der Waals surface area contributed by atoms with Crippen molar-refractivity contribution in [3.63, 3.8) is 0 Å². The van der Waals surface area contributed by atoms with E-state index in [1.54, 1.807) is 35.8 Å². The summed E-state index contributed by atoms with van der Waals surface area (Å²) in [5.74, 6) is -0.432. The molecule has 3 rings (SSSR count). The number of nitrogens with zero attached hydrogens (tertiary/aromatic N) is 3. The second-order valence-corrected chi connectivity index (χ2v) is 12.9. The molecule has 190 valence electrons. The van der Waals surface area contributed by atoms with Gasteiger partial charge in [-0.05, 0) is 60.7 Å². The molecule has 0 aliphatic rings. The Labute approximate surface area is 210 Å². The van der Waals surface area contributed by atoms with E-state index in [1.807, 2.05) is 0 Å². The Hall–Kier alpha value is -2.28. The number of hydrogen-bond donors (Lipinski definition) is 1. The summed E-state index contributed by atoms with van der Waals surface area (Å²) < 4.78 is 69.7. The van der Waals surface area contributed by atoms with Gasteiger partial charge >= 0.3 is 0 Å². The fourth-order valence-electron chi connectivity index (χ4n) is 3.79. The van der Waals surface area contributed by atoms with Crippen LogP contribution in [-0.4, -0.2) is 64.7 Å². The molecule has 0 amide bonds. The van der Waals surface area contributed by atoms with Gasteiger partial charge in [0, 0.05) is 56.9 Å². The van der Waals surface area contributed by atoms with Gasteiger partial charge in [0.2, 0.25) is 20.0 Å². The Morgan fingerprint density at radius 1 is 1.00 bits per heavy atom. The SMILES string of the molecule is Cc1c(-c2cccc(S(=O)(=O)N(C)C)c2)c2cc(S(=O)(=O)N(C)C)ccc2n1C/C(F)=C/CNCl. The summed E-state index contributed by atoms with van der Waals surface area (Å²) >= 11 is 5.44. The van der Waals surface area contributed by atoms with E-state index in [-0.39, 0.29) is 22.9 Å². The van der Waals surface area contributed by atoms with E-state index in [0.717, 1.165) is 8.61 Å². The molecular weight excluding hydrogens is 515 g/mol. The Kier molecular flexibility index (Phi) is 8.09. The number of allylic oxidation sites excluding steroid dienone is 1. The zero-order valence-corrected chi connectivity index (χ0v) is 22.5. The predicted molar refractivity (Wildman–Crippen MR) is 137 cm³/mol. The van der Waals surface area contributed by atoms with Crippen molar-refractivity contribution in [2.45, 2.75) is 23.3 Å². The molecule has 0 aliphatic carbocycles. The van der Waals surface area contributed by atoms with Gasteiger partial charge in [0.25, 0.3) is 0 Å². The molecule has 0 radical (unpaired) electrons. The zero-order chi connectivity index (χ0) is 26.1. The number of nitrogens with one attached hydrogen (secondary N) is 1. The number of fused-ring (bicyclic) bond motifs is 1. The van der Waals surface area contributed by atoms with Crippen molar-refractivity contribution in [3.05, 3.63) is 60.1 Å². The molecular formula is C23H28ClFN4O4S2. The Morgan fingerprint density at radius 3 is 2.17 bits per heavy atom. The lowest BCUT2D eigenvalue weighted by Gasteiger charge is -2.13. The minimum Gasteiger partial charge on any atom is -0.337 e. The van der Waals surface area contributed by atoms with Crippen LogP contribution in [0.5, 0.6) is 0 Å². The number of halogens is 2. The van der Waals surface area contributed by atoms with Gasteiger partial charge in [-0.25, -0.2) is 34.7 Å². The standard InChI is InChI=1S/C23H28ClFN4O4S2/c1-16-23(17-7-6-8-19(13-17)34(30,31)27(2)3)21-14-20(35(32,33)28(4)5)9-10-22(21)29(16)15-18(25)11-12-26-24/h6-11,13-14,26H,12,15H2,1-5H3/b18-11-. The first-order valence-electron chi connectivity index (χ1n) is 10.6. The smallest absolute Gasteiger partial charge is 0.242 e. The predicted octanol–water partition coefficient (Wildman–Crippen LogP) is 3.71. The fourth-order valence-corrected chi connectivity index (χ4v) is 5.74. The third-order valence-electron chi connectivity index (χ3n) is 5.68. The van der Waals surface area contributed by atoms with Gasteiger partial charge < -0.3 is 4.57 Å². The van der Waals surface area contributed by atoms with E-state index in [4.69, 9.17) is 11.8 Å². The maximum atomic E-state index is 14.6. The van der Waals surface area contributed by atoms with Gasteiger partial charge in [0.05, 0.1) is 16.3 Å². The van der Waals surface area contributed by atoms with Crippen LogP contribution in [0.1, 0.15) is 5.69 Å². The summed E-state index contributed by atoms with van der Waals surface area (Å²) in [5, 5.41) is 0.563. The van der Waals surface area contributed by atoms with Gasteiger partial charge in [-0.1, -0.05) is 12.1 Å². The van der Waals surface area contributed by atoms with Gasteiger partial charge in [0.15, 0.2) is 0 Å². The lowest BCUT2D eigenvalue weighted by molar-refractivity contribution is 0.520. The van der Waals surface area contributed by atoms with Crippen LogP contribution in [0.25, 0.3) is 22.0 Å². The van der Waals surface area contributed by atoms with Crippen molar-refractivity contribution in [3.8, 4) is 11.1 Å². The van der Waals surface area contributed by atoms with Gasteiger partial charge in [0.1, 0.15) is 5.83 Å². The third-order valence-corrected chi connectivity index (χ3v) is 9.46. The van der Waals surface area contributed by atoms with E-state index >= 15 is 0 Å². The molecule has 35 heavy (non-hydrogen) atoms. The highest BCUT2D eigenvalue weighted by Gasteiger charge is 2.24. The lowest BCUT2D eigenvalue weighted by Crippen LogP contribution is -2.22. The number of aromatic nitrogens is 1. The molecule has 2 aromatic carbocycles.